The summed E-state index contributed by atoms with van der Waals surface area (Å²) in [4.78, 5) is 28.4. The predicted molar refractivity (Wildman–Crippen MR) is 95.8 cm³/mol. The van der Waals surface area contributed by atoms with Crippen molar-refractivity contribution in [3.63, 3.8) is 0 Å². The lowest BCUT2D eigenvalue weighted by atomic mass is 10.2. The number of primary amides is 1. The van der Waals surface area contributed by atoms with E-state index in [-0.39, 0.29) is 17.0 Å². The number of halogens is 1. The van der Waals surface area contributed by atoms with Crippen molar-refractivity contribution < 1.29 is 9.53 Å². The minimum atomic E-state index is -0.956. The van der Waals surface area contributed by atoms with Crippen LogP contribution in [0.15, 0.2) is 59.0 Å². The average Bonchev–Trinajstić information content (AvgIpc) is 2.63. The van der Waals surface area contributed by atoms with Crippen LogP contribution in [0.5, 0.6) is 11.6 Å². The van der Waals surface area contributed by atoms with E-state index >= 15 is 0 Å². The largest absolute Gasteiger partial charge is 0.438 e. The molecular weight excluding hydrogens is 356 g/mol. The van der Waals surface area contributed by atoms with Gasteiger partial charge in [-0.15, -0.1) is 0 Å². The van der Waals surface area contributed by atoms with Crippen LogP contribution >= 0.6 is 11.6 Å². The molecule has 0 fully saturated rings. The Labute approximate surface area is 152 Å². The molecule has 1 aromatic carbocycles. The monoisotopic (exact) mass is 366 g/mol. The number of hydrogen-bond donors (Lipinski definition) is 1. The summed E-state index contributed by atoms with van der Waals surface area (Å²) in [5, 5.41) is 9.59. The van der Waals surface area contributed by atoms with Crippen molar-refractivity contribution in [1.29, 1.82) is 5.26 Å². The molecule has 2 N–H and O–H groups in total. The number of carbonyl (C=O) groups excluding carboxylic acids is 1. The van der Waals surface area contributed by atoms with Gasteiger partial charge in [-0.25, -0.2) is 0 Å². The average molecular weight is 367 g/mol. The van der Waals surface area contributed by atoms with E-state index in [4.69, 9.17) is 27.3 Å². The minimum Gasteiger partial charge on any atom is -0.438 e. The van der Waals surface area contributed by atoms with Crippen molar-refractivity contribution >= 4 is 29.2 Å². The second-order valence-electron chi connectivity index (χ2n) is 5.15. The number of nitrogens with two attached hydrogens (primary N) is 1. The number of hydrogen-bond acceptors (Lipinski definition) is 5. The summed E-state index contributed by atoms with van der Waals surface area (Å²) < 4.78 is 6.96. The van der Waals surface area contributed by atoms with Crippen molar-refractivity contribution in [2.75, 3.05) is 0 Å². The molecule has 0 aliphatic heterocycles. The van der Waals surface area contributed by atoms with Crippen LogP contribution in [-0.2, 0) is 4.79 Å². The fourth-order valence-corrected chi connectivity index (χ4v) is 2.33. The Morgan fingerprint density at radius 1 is 1.27 bits per heavy atom. The predicted octanol–water partition coefficient (Wildman–Crippen LogP) is 2.53. The summed E-state index contributed by atoms with van der Waals surface area (Å²) in [6.45, 7) is 0. The Morgan fingerprint density at radius 2 is 2.00 bits per heavy atom. The minimum absolute atomic E-state index is 0.0578. The van der Waals surface area contributed by atoms with Crippen molar-refractivity contribution in [2.24, 2.45) is 5.73 Å². The molecule has 0 radical (unpaired) electrons. The maximum absolute atomic E-state index is 12.8. The summed E-state index contributed by atoms with van der Waals surface area (Å²) in [6.07, 6.45) is 2.59. The van der Waals surface area contributed by atoms with Gasteiger partial charge in [0.1, 0.15) is 28.6 Å². The van der Waals surface area contributed by atoms with Gasteiger partial charge in [-0.2, -0.15) is 10.2 Å². The van der Waals surface area contributed by atoms with Crippen molar-refractivity contribution in [2.45, 2.75) is 0 Å². The van der Waals surface area contributed by atoms with Crippen LogP contribution in [0.4, 0.5) is 0 Å². The number of nitriles is 1. The highest BCUT2D eigenvalue weighted by atomic mass is 35.5. The Bertz CT molecular complexity index is 1130. The van der Waals surface area contributed by atoms with Gasteiger partial charge in [-0.3, -0.25) is 14.0 Å². The van der Waals surface area contributed by atoms with E-state index in [0.29, 0.717) is 16.4 Å². The molecule has 26 heavy (non-hydrogen) atoms. The van der Waals surface area contributed by atoms with Gasteiger partial charge < -0.3 is 10.5 Å². The maximum Gasteiger partial charge on any atom is 0.269 e. The third-order valence-corrected chi connectivity index (χ3v) is 3.69. The second kappa shape index (κ2) is 7.09. The standard InChI is InChI=1S/C18H11ClN4O3/c19-12-4-6-13(7-5-12)26-17-14(9-11(10-20)16(21)24)18(25)23-8-2-1-3-15(23)22-17/h1-9H,(H2,21,24)/b11-9+. The number of ether oxygens (including phenoxy) is 1. The van der Waals surface area contributed by atoms with Crippen LogP contribution in [0, 0.1) is 11.3 Å². The van der Waals surface area contributed by atoms with E-state index in [1.807, 2.05) is 0 Å². The van der Waals surface area contributed by atoms with Gasteiger partial charge in [0.15, 0.2) is 0 Å². The Hall–Kier alpha value is -3.63. The second-order valence-corrected chi connectivity index (χ2v) is 5.59. The molecule has 0 bridgehead atoms. The lowest BCUT2D eigenvalue weighted by molar-refractivity contribution is -0.114. The first-order chi connectivity index (χ1) is 12.5. The molecule has 3 rings (SSSR count). The molecule has 0 unspecified atom stereocenters. The molecule has 8 heteroatoms. The van der Waals surface area contributed by atoms with Crippen molar-refractivity contribution in [1.82, 2.24) is 9.38 Å². The number of aromatic nitrogens is 2. The van der Waals surface area contributed by atoms with E-state index in [9.17, 15) is 9.59 Å². The number of fused-ring (bicyclic) bond motifs is 1. The highest BCUT2D eigenvalue weighted by molar-refractivity contribution is 6.30. The molecule has 0 aliphatic carbocycles. The highest BCUT2D eigenvalue weighted by Gasteiger charge is 2.16. The molecule has 0 aliphatic rings. The third-order valence-electron chi connectivity index (χ3n) is 3.44. The molecule has 3 aromatic rings. The van der Waals surface area contributed by atoms with E-state index < -0.39 is 11.5 Å². The van der Waals surface area contributed by atoms with Gasteiger partial charge in [-0.1, -0.05) is 17.7 Å². The molecule has 1 amide bonds. The summed E-state index contributed by atoms with van der Waals surface area (Å²) >= 11 is 5.85. The van der Waals surface area contributed by atoms with Gasteiger partial charge in [0, 0.05) is 11.2 Å². The molecular formula is C18H11ClN4O3. The Balaban J connectivity index is 2.24. The van der Waals surface area contributed by atoms with Crippen molar-refractivity contribution in [3.05, 3.63) is 75.2 Å². The van der Waals surface area contributed by atoms with Crippen LogP contribution in [0.3, 0.4) is 0 Å². The van der Waals surface area contributed by atoms with Gasteiger partial charge in [0.2, 0.25) is 5.88 Å². The van der Waals surface area contributed by atoms with Crippen LogP contribution in [0.2, 0.25) is 5.02 Å². The SMILES string of the molecule is N#C/C(=C\c1c(Oc2ccc(Cl)cc2)nc2ccccn2c1=O)C(N)=O. The zero-order valence-corrected chi connectivity index (χ0v) is 14.0. The molecule has 2 aromatic heterocycles. The zero-order valence-electron chi connectivity index (χ0n) is 13.2. The Morgan fingerprint density at radius 3 is 2.65 bits per heavy atom. The van der Waals surface area contributed by atoms with E-state index in [1.54, 1.807) is 48.5 Å². The first-order valence-corrected chi connectivity index (χ1v) is 7.74. The normalized spacial score (nSPS) is 11.2. The number of pyridine rings is 1. The molecule has 0 saturated heterocycles. The lowest BCUT2D eigenvalue weighted by Crippen LogP contribution is -2.20. The van der Waals surface area contributed by atoms with Crippen molar-refractivity contribution in [3.8, 4) is 17.7 Å². The van der Waals surface area contributed by atoms with Gasteiger partial charge in [-0.05, 0) is 42.5 Å². The summed E-state index contributed by atoms with van der Waals surface area (Å²) in [7, 11) is 0. The first-order valence-electron chi connectivity index (χ1n) is 7.36. The molecule has 0 saturated carbocycles. The fraction of sp³-hybridized carbons (Fsp3) is 0. The smallest absolute Gasteiger partial charge is 0.269 e. The van der Waals surface area contributed by atoms with Gasteiger partial charge in [0.25, 0.3) is 11.5 Å². The number of benzene rings is 1. The van der Waals surface area contributed by atoms with Crippen LogP contribution in [0.25, 0.3) is 11.7 Å². The summed E-state index contributed by atoms with van der Waals surface area (Å²) in [5.41, 5.74) is 4.54. The van der Waals surface area contributed by atoms with Gasteiger partial charge in [0.05, 0.1) is 0 Å². The fourth-order valence-electron chi connectivity index (χ4n) is 2.20. The number of carbonyl (C=O) groups is 1. The van der Waals surface area contributed by atoms with Crippen LogP contribution in [0.1, 0.15) is 5.56 Å². The van der Waals surface area contributed by atoms with E-state index in [1.165, 1.54) is 10.6 Å². The molecule has 2 heterocycles. The van der Waals surface area contributed by atoms with Crippen LogP contribution in [-0.4, -0.2) is 15.3 Å². The molecule has 0 spiro atoms. The highest BCUT2D eigenvalue weighted by Crippen LogP contribution is 2.25. The number of amides is 1. The summed E-state index contributed by atoms with van der Waals surface area (Å²) in [5.74, 6) is -0.631. The number of nitrogens with zero attached hydrogens (tertiary/aromatic N) is 3. The summed E-state index contributed by atoms with van der Waals surface area (Å²) in [6, 6.07) is 13.1. The molecule has 0 atom stereocenters. The first kappa shape index (κ1) is 17.2. The topological polar surface area (TPSA) is 110 Å². The Kier molecular flexibility index (Phi) is 4.69. The van der Waals surface area contributed by atoms with E-state index in [0.717, 1.165) is 6.08 Å². The molecule has 7 nitrogen and oxygen atoms in total. The maximum atomic E-state index is 12.8. The lowest BCUT2D eigenvalue weighted by Gasteiger charge is -2.10. The van der Waals surface area contributed by atoms with E-state index in [2.05, 4.69) is 4.98 Å². The molecule has 128 valence electrons. The number of rotatable bonds is 4. The zero-order chi connectivity index (χ0) is 18.7. The van der Waals surface area contributed by atoms with Crippen LogP contribution < -0.4 is 16.0 Å². The van der Waals surface area contributed by atoms with Gasteiger partial charge >= 0.3 is 0 Å². The quantitative estimate of drug-likeness (QED) is 0.563. The third kappa shape index (κ3) is 3.41.